The number of carbonyl (C=O) groups excluding carboxylic acids is 3. The molecular weight excluding hydrogens is 499 g/mol. The molecule has 178 valence electrons. The maximum absolute atomic E-state index is 11.1. The van der Waals surface area contributed by atoms with Crippen molar-refractivity contribution in [3.63, 3.8) is 0 Å². The highest BCUT2D eigenvalue weighted by Crippen LogP contribution is 2.13. The third kappa shape index (κ3) is 12.1. The van der Waals surface area contributed by atoms with E-state index in [4.69, 9.17) is 25.1 Å². The van der Waals surface area contributed by atoms with Gasteiger partial charge in [0.15, 0.2) is 11.6 Å². The lowest BCUT2D eigenvalue weighted by atomic mass is 10.1. The first-order chi connectivity index (χ1) is 14.5. The fourth-order valence-electron chi connectivity index (χ4n) is 1.75. The minimum Gasteiger partial charge on any atom is -0.542 e. The van der Waals surface area contributed by atoms with Crippen LogP contribution in [-0.4, -0.2) is 49.8 Å². The number of rotatable bonds is 6. The number of ether oxygens (including phenoxy) is 2. The van der Waals surface area contributed by atoms with Crippen LogP contribution in [0.4, 0.5) is 13.2 Å². The molecule has 0 aliphatic rings. The number of nitrogens with two attached hydrogens (primary N) is 1. The lowest BCUT2D eigenvalue weighted by Crippen LogP contribution is -2.37. The van der Waals surface area contributed by atoms with Crippen molar-refractivity contribution in [3.05, 3.63) is 59.7 Å². The number of alkyl halides is 4. The van der Waals surface area contributed by atoms with E-state index in [9.17, 15) is 22.8 Å². The number of Topliss-reactive ketones (excluding diaryl/α,β-unsaturated/α-hetero) is 2. The number of benzene rings is 2. The van der Waals surface area contributed by atoms with Crippen molar-refractivity contribution < 1.29 is 42.1 Å². The van der Waals surface area contributed by atoms with E-state index in [2.05, 4.69) is 15.9 Å². The van der Waals surface area contributed by atoms with Crippen LogP contribution in [0.2, 0.25) is 0 Å². The second kappa shape index (κ2) is 15.8. The number of hydrogen-bond donors (Lipinski definition) is 1. The summed E-state index contributed by atoms with van der Waals surface area (Å²) in [7, 11) is 3.18. The van der Waals surface area contributed by atoms with Gasteiger partial charge in [0.1, 0.15) is 17.5 Å². The summed E-state index contributed by atoms with van der Waals surface area (Å²) in [5.74, 6) is -1.48. The molecule has 0 saturated heterocycles. The summed E-state index contributed by atoms with van der Waals surface area (Å²) in [6.45, 7) is 0.0479. The number of carboxylic acid groups (broad SMARTS) is 1. The van der Waals surface area contributed by atoms with Crippen LogP contribution >= 0.6 is 15.9 Å². The number of carboxylic acids is 1. The van der Waals surface area contributed by atoms with Crippen molar-refractivity contribution >= 4 is 33.5 Å². The van der Waals surface area contributed by atoms with E-state index in [1.54, 1.807) is 62.8 Å². The quantitative estimate of drug-likeness (QED) is 0.457. The SMILES string of the molecule is C.COc1ccc(C(=O)CBr)cc1.COc1ccc(C(=O)CN)cc1.O=C([O-])C(F)(F)F. The van der Waals surface area contributed by atoms with Gasteiger partial charge in [-0.3, -0.25) is 9.59 Å². The molecule has 0 radical (unpaired) electrons. The fraction of sp³-hybridized carbons (Fsp3) is 0.286. The maximum Gasteiger partial charge on any atom is 0.430 e. The van der Waals surface area contributed by atoms with Crippen LogP contribution in [0.1, 0.15) is 28.1 Å². The van der Waals surface area contributed by atoms with E-state index in [0.717, 1.165) is 11.5 Å². The smallest absolute Gasteiger partial charge is 0.430 e. The fourth-order valence-corrected chi connectivity index (χ4v) is 2.07. The van der Waals surface area contributed by atoms with Crippen molar-refractivity contribution in [2.24, 2.45) is 5.73 Å². The molecule has 0 fully saturated rings. The molecule has 2 N–H and O–H groups in total. The Balaban J connectivity index is 0. The van der Waals surface area contributed by atoms with Crippen LogP contribution < -0.4 is 20.3 Å². The zero-order valence-electron chi connectivity index (χ0n) is 16.6. The van der Waals surface area contributed by atoms with Gasteiger partial charge in [-0.05, 0) is 48.5 Å². The highest BCUT2D eigenvalue weighted by molar-refractivity contribution is 9.09. The van der Waals surface area contributed by atoms with E-state index < -0.39 is 12.1 Å². The normalized spacial score (nSPS) is 9.59. The van der Waals surface area contributed by atoms with Crippen LogP contribution in [0, 0.1) is 0 Å². The highest BCUT2D eigenvalue weighted by atomic mass is 79.9. The van der Waals surface area contributed by atoms with Crippen molar-refractivity contribution in [2.75, 3.05) is 26.1 Å². The lowest BCUT2D eigenvalue weighted by molar-refractivity contribution is -0.344. The summed E-state index contributed by atoms with van der Waals surface area (Å²) in [5, 5.41) is 9.15. The van der Waals surface area contributed by atoms with Crippen LogP contribution in [-0.2, 0) is 4.79 Å². The van der Waals surface area contributed by atoms with Crippen LogP contribution in [0.3, 0.4) is 0 Å². The van der Waals surface area contributed by atoms with E-state index in [-0.39, 0.29) is 25.5 Å². The summed E-state index contributed by atoms with van der Waals surface area (Å²) in [6.07, 6.45) is -5.19. The second-order valence-electron chi connectivity index (χ2n) is 5.43. The van der Waals surface area contributed by atoms with Gasteiger partial charge in [0, 0.05) is 11.1 Å². The highest BCUT2D eigenvalue weighted by Gasteiger charge is 2.28. The third-order valence-corrected chi connectivity index (χ3v) is 3.87. The van der Waals surface area contributed by atoms with Crippen molar-refractivity contribution in [2.45, 2.75) is 13.6 Å². The predicted molar refractivity (Wildman–Crippen MR) is 115 cm³/mol. The molecule has 0 saturated carbocycles. The zero-order valence-corrected chi connectivity index (χ0v) is 18.2. The Morgan fingerprint density at radius 3 is 1.41 bits per heavy atom. The molecule has 0 aliphatic heterocycles. The van der Waals surface area contributed by atoms with Crippen molar-refractivity contribution in [3.8, 4) is 11.5 Å². The first kappa shape index (κ1) is 31.3. The number of aliphatic carboxylic acids is 1. The summed E-state index contributed by atoms with van der Waals surface area (Å²) in [4.78, 5) is 31.0. The van der Waals surface area contributed by atoms with Gasteiger partial charge in [-0.1, -0.05) is 23.4 Å². The van der Waals surface area contributed by atoms with E-state index >= 15 is 0 Å². The van der Waals surface area contributed by atoms with Crippen molar-refractivity contribution in [1.82, 2.24) is 0 Å². The monoisotopic (exact) mass is 522 g/mol. The van der Waals surface area contributed by atoms with Gasteiger partial charge >= 0.3 is 6.18 Å². The van der Waals surface area contributed by atoms with Gasteiger partial charge in [-0.2, -0.15) is 13.2 Å². The Morgan fingerprint density at radius 2 is 1.19 bits per heavy atom. The Bertz CT molecular complexity index is 781. The van der Waals surface area contributed by atoms with Gasteiger partial charge in [-0.15, -0.1) is 0 Å². The molecule has 0 aromatic heterocycles. The van der Waals surface area contributed by atoms with Crippen LogP contribution in [0.5, 0.6) is 11.5 Å². The molecule has 32 heavy (non-hydrogen) atoms. The van der Waals surface area contributed by atoms with Gasteiger partial charge in [0.25, 0.3) is 0 Å². The van der Waals surface area contributed by atoms with Gasteiger partial charge in [-0.25, -0.2) is 0 Å². The number of methoxy groups -OCH3 is 2. The molecular formula is C21H24BrF3NO6-. The molecule has 0 amide bonds. The van der Waals surface area contributed by atoms with Gasteiger partial charge in [0.2, 0.25) is 0 Å². The zero-order chi connectivity index (χ0) is 24.0. The molecule has 2 aromatic rings. The van der Waals surface area contributed by atoms with E-state index in [0.29, 0.717) is 16.5 Å². The maximum atomic E-state index is 11.1. The molecule has 0 aliphatic carbocycles. The average molecular weight is 523 g/mol. The second-order valence-corrected chi connectivity index (χ2v) is 5.99. The lowest BCUT2D eigenvalue weighted by Gasteiger charge is -2.03. The topological polar surface area (TPSA) is 119 Å². The molecule has 0 bridgehead atoms. The number of halogens is 4. The van der Waals surface area contributed by atoms with Crippen LogP contribution in [0.15, 0.2) is 48.5 Å². The number of ketones is 2. The molecule has 0 atom stereocenters. The van der Waals surface area contributed by atoms with E-state index in [1.807, 2.05) is 0 Å². The summed E-state index contributed by atoms with van der Waals surface area (Å²) >= 11 is 3.11. The van der Waals surface area contributed by atoms with Crippen LogP contribution in [0.25, 0.3) is 0 Å². The molecule has 2 rings (SSSR count). The number of carbonyl (C=O) groups is 3. The van der Waals surface area contributed by atoms with Gasteiger partial charge in [0.05, 0.1) is 26.1 Å². The Hall–Kier alpha value is -2.92. The Labute approximate surface area is 192 Å². The molecule has 7 nitrogen and oxygen atoms in total. The standard InChI is InChI=1S/C9H9BrO2.C9H11NO2.C2HF3O2.CH4/c2*1-12-8-4-2-7(3-5-8)9(11)6-10;3-2(4,5)1(6)7;/h2-5H,6H2,1H3;2-5H,6,10H2,1H3;(H,6,7);1H4/p-1. The minimum absolute atomic E-state index is 0. The Morgan fingerprint density at radius 1 is 0.875 bits per heavy atom. The molecule has 11 heteroatoms. The first-order valence-electron chi connectivity index (χ1n) is 8.38. The first-order valence-corrected chi connectivity index (χ1v) is 9.51. The van der Waals surface area contributed by atoms with Gasteiger partial charge < -0.3 is 25.1 Å². The molecule has 0 spiro atoms. The Kier molecular flexibility index (Phi) is 15.5. The summed E-state index contributed by atoms with van der Waals surface area (Å²) in [5.41, 5.74) is 6.52. The summed E-state index contributed by atoms with van der Waals surface area (Å²) in [6, 6.07) is 13.9. The summed E-state index contributed by atoms with van der Waals surface area (Å²) < 4.78 is 41.4. The molecule has 0 unspecified atom stereocenters. The minimum atomic E-state index is -5.19. The van der Waals surface area contributed by atoms with E-state index in [1.165, 1.54) is 0 Å². The number of hydrogen-bond acceptors (Lipinski definition) is 7. The largest absolute Gasteiger partial charge is 0.542 e. The third-order valence-electron chi connectivity index (χ3n) is 3.36. The van der Waals surface area contributed by atoms with Crippen molar-refractivity contribution in [1.29, 1.82) is 0 Å². The predicted octanol–water partition coefficient (Wildman–Crippen LogP) is 3.04. The molecule has 0 heterocycles. The average Bonchev–Trinajstić information content (AvgIpc) is 2.78. The molecule has 2 aromatic carbocycles.